The molecule has 0 spiro atoms. The Balaban J connectivity index is 0.000000303. The number of hydrogen-bond donors (Lipinski definition) is 3. The average molecular weight is 2270 g/mol. The van der Waals surface area contributed by atoms with Crippen molar-refractivity contribution < 1.29 is 110 Å². The minimum absolute atomic E-state index is 0. The van der Waals surface area contributed by atoms with E-state index >= 15 is 0 Å². The molecule has 0 aliphatic rings. The van der Waals surface area contributed by atoms with Gasteiger partial charge in [-0.15, -0.1) is 142 Å². The third-order valence-electron chi connectivity index (χ3n) is 18.0. The number of benzene rings is 10. The molecule has 10 aromatic carbocycles. The van der Waals surface area contributed by atoms with Crippen LogP contribution in [0.2, 0.25) is 0 Å². The van der Waals surface area contributed by atoms with Crippen molar-refractivity contribution in [2.75, 3.05) is 0 Å². The van der Waals surface area contributed by atoms with E-state index in [0.717, 1.165) is 73.6 Å². The second-order valence-corrected chi connectivity index (χ2v) is 27.7. The zero-order valence-corrected chi connectivity index (χ0v) is 78.4. The summed E-state index contributed by atoms with van der Waals surface area (Å²) in [7, 11) is 0. The van der Waals surface area contributed by atoms with Gasteiger partial charge in [-0.05, 0) is 199 Å². The van der Waals surface area contributed by atoms with Gasteiger partial charge >= 0.3 is 0 Å². The monoisotopic (exact) mass is 2270 g/mol. The van der Waals surface area contributed by atoms with Crippen molar-refractivity contribution in [1.29, 1.82) is 5.26 Å². The van der Waals surface area contributed by atoms with Crippen LogP contribution in [0.3, 0.4) is 0 Å². The largest absolute Gasteiger partial charge is 0.512 e. The first-order valence-electron chi connectivity index (χ1n) is 37.8. The number of pyridine rings is 4. The van der Waals surface area contributed by atoms with Crippen molar-refractivity contribution in [3.8, 4) is 95.6 Å². The van der Waals surface area contributed by atoms with Crippen LogP contribution >= 0.6 is 0 Å². The Kier molecular flexibility index (Phi) is 42.6. The Labute approximate surface area is 750 Å². The van der Waals surface area contributed by atoms with Crippen molar-refractivity contribution in [2.45, 2.75) is 116 Å². The molecule has 15 heteroatoms. The number of aromatic nitrogens is 4. The van der Waals surface area contributed by atoms with E-state index in [1.807, 2.05) is 85.9 Å². The number of carbonyl (C=O) groups excluding carboxylic acids is 3. The number of aliphatic hydroxyl groups excluding tert-OH is 3. The van der Waals surface area contributed by atoms with Crippen molar-refractivity contribution in [3.05, 3.63) is 371 Å². The third kappa shape index (κ3) is 30.5. The van der Waals surface area contributed by atoms with Crippen LogP contribution in [-0.4, -0.2) is 52.6 Å². The van der Waals surface area contributed by atoms with Crippen molar-refractivity contribution in [1.82, 2.24) is 19.9 Å². The molecule has 4 aromatic heterocycles. The van der Waals surface area contributed by atoms with Gasteiger partial charge in [0.2, 0.25) is 0 Å². The van der Waals surface area contributed by atoms with E-state index in [-0.39, 0.29) is 115 Å². The van der Waals surface area contributed by atoms with E-state index in [2.05, 4.69) is 265 Å². The summed E-state index contributed by atoms with van der Waals surface area (Å²) in [6.07, 6.45) is 10.3. The van der Waals surface area contributed by atoms with Crippen molar-refractivity contribution >= 4 is 39.2 Å². The number of allylic oxidation sites excluding steroid dienone is 6. The Morgan fingerprint density at radius 2 is 0.729 bits per heavy atom. The number of ketones is 3. The summed E-state index contributed by atoms with van der Waals surface area (Å²) in [5.41, 5.74) is 30.3. The first-order valence-corrected chi connectivity index (χ1v) is 37.8. The van der Waals surface area contributed by atoms with Crippen LogP contribution in [-0.2, 0) is 101 Å². The number of nitrogens with zero attached hydrogens (tertiary/aromatic N) is 5. The summed E-state index contributed by atoms with van der Waals surface area (Å²) in [6, 6.07) is 101. The fraction of sp³-hybridized carbons (Fsp3) is 0.165. The van der Waals surface area contributed by atoms with E-state index in [4.69, 9.17) is 30.5 Å². The number of aliphatic hydroxyl groups is 3. The zero-order valence-electron chi connectivity index (χ0n) is 68.8. The molecule has 3 N–H and O–H groups in total. The molecule has 14 aromatic rings. The minimum Gasteiger partial charge on any atom is -0.512 e. The number of carbonyl (C=O) groups is 3. The van der Waals surface area contributed by atoms with Crippen LogP contribution in [0.25, 0.3) is 111 Å². The molecule has 118 heavy (non-hydrogen) atoms. The maximum atomic E-state index is 10.0. The molecule has 11 nitrogen and oxygen atoms in total. The smallest absolute Gasteiger partial charge is 0.155 e. The van der Waals surface area contributed by atoms with Crippen molar-refractivity contribution in [2.24, 2.45) is 0 Å². The van der Waals surface area contributed by atoms with Crippen LogP contribution < -0.4 is 0 Å². The number of hydrogen-bond acceptors (Lipinski definition) is 11. The predicted octanol–water partition coefficient (Wildman–Crippen LogP) is 25.6. The minimum atomic E-state index is -0.125. The molecular weight excluding hydrogens is 2170 g/mol. The van der Waals surface area contributed by atoms with Gasteiger partial charge in [0, 0.05) is 111 Å². The Bertz CT molecular complexity index is 5680. The van der Waals surface area contributed by atoms with Gasteiger partial charge in [0.05, 0.1) is 33.9 Å². The second kappa shape index (κ2) is 50.6. The molecule has 14 rings (SSSR count). The zero-order chi connectivity index (χ0) is 82.2. The Hall–Kier alpha value is -11.0. The molecule has 610 valence electrons. The van der Waals surface area contributed by atoms with Gasteiger partial charge in [0.15, 0.2) is 17.3 Å². The van der Waals surface area contributed by atoms with Gasteiger partial charge < -0.3 is 25.3 Å². The topological polar surface area (TPSA) is 187 Å². The number of aryl methyl sites for hydroxylation is 8. The fourth-order valence-corrected chi connectivity index (χ4v) is 12.9. The van der Waals surface area contributed by atoms with Gasteiger partial charge in [-0.3, -0.25) is 24.4 Å². The summed E-state index contributed by atoms with van der Waals surface area (Å²) in [4.78, 5) is 48.8. The Morgan fingerprint density at radius 1 is 0.373 bits per heavy atom. The summed E-state index contributed by atoms with van der Waals surface area (Å²) in [6.45, 7) is 25.6. The van der Waals surface area contributed by atoms with Gasteiger partial charge in [0.25, 0.3) is 0 Å². The molecule has 0 aliphatic heterocycles. The number of para-hydroxylation sites is 2. The molecule has 0 atom stereocenters. The van der Waals surface area contributed by atoms with Crippen LogP contribution in [0, 0.1) is 84.1 Å². The fourth-order valence-electron chi connectivity index (χ4n) is 12.9. The number of rotatable bonds is 14. The number of fused-ring (bicyclic) bond motifs is 2. The summed E-state index contributed by atoms with van der Waals surface area (Å²) in [5.74, 6) is -0.187. The normalized spacial score (nSPS) is 10.5. The second-order valence-electron chi connectivity index (χ2n) is 27.7. The molecule has 0 unspecified atom stereocenters. The van der Waals surface area contributed by atoms with Crippen LogP contribution in [0.1, 0.15) is 111 Å². The average Bonchev–Trinajstić information content (AvgIpc) is 0.953. The first kappa shape index (κ1) is 99.4. The molecule has 0 fully saturated rings. The first-order chi connectivity index (χ1) is 54.8. The summed E-state index contributed by atoms with van der Waals surface area (Å²) in [5, 5.41) is 36.4. The SMILES string of the molecule is CC(=O)C=C(C)O.CC(=O)C=C(C)O.CC(=O)C=C(C)O.CCCCc1cc2ccccc2nc1-c1[c-]ccc(-c2ccccc2)c1.Cc1cc(C#N)cnc1-c1[c-]ccc(-c2ccccc2)c1.Cc1cc2ccccc2nc1-c1[c-]ccc(-c2c(C)cccc2C)c1.Cc1cccnc1-c1[c-]ccc(-c2c(C)cccc2C)c1.[Ir].[Ir].[Ir].[Ir]. The number of nitriles is 1. The van der Waals surface area contributed by atoms with Crippen molar-refractivity contribution in [3.63, 3.8) is 0 Å². The molecule has 0 aliphatic carbocycles. The predicted molar refractivity (Wildman–Crippen MR) is 468 cm³/mol. The maximum Gasteiger partial charge on any atom is 0.155 e. The van der Waals surface area contributed by atoms with Gasteiger partial charge in [-0.1, -0.05) is 194 Å². The molecule has 0 saturated heterocycles. The summed E-state index contributed by atoms with van der Waals surface area (Å²) < 4.78 is 0. The molecule has 0 bridgehead atoms. The quantitative estimate of drug-likeness (QED) is 0.0534. The number of unbranched alkanes of at least 4 members (excludes halogenated alkanes) is 1. The molecule has 4 radical (unpaired) electrons. The third-order valence-corrected chi connectivity index (χ3v) is 18.0. The Morgan fingerprint density at radius 3 is 1.12 bits per heavy atom. The van der Waals surface area contributed by atoms with Crippen LogP contribution in [0.15, 0.2) is 297 Å². The van der Waals surface area contributed by atoms with E-state index in [9.17, 15) is 14.4 Å². The maximum absolute atomic E-state index is 10.0. The van der Waals surface area contributed by atoms with Crippen LogP contribution in [0.4, 0.5) is 0 Å². The standard InChI is InChI=1S/C25H22N.C24H20N.C20H18N.C19H13N2.3C5H8O2.4Ir/c1-2-3-10-22-18-21-13-7-8-16-24(21)26-25(22)23-15-9-14-20(17-23)19-11-5-4-6-12-19;1-16-8-6-9-17(2)23(16)20-11-7-12-21(15-20)24-18(3)14-19-10-4-5-13-22(19)25-24;1-14-7-4-8-15(2)19(14)17-10-5-11-18(13-17)20-16(3)9-6-12-21-20;1-14-10-15(12-20)13-21-19(14)18-9-5-8-17(11-18)16-6-3-2-4-7-16;3*1-4(6)3-5(2)7;;;;/h4-9,11-14,16-18H,2-3,10H2,1H3;4-11,13-15H,1-3H3;4-10,12-13H,1-3H3;2-8,10-11,13H,1H3;3*3,6H,1-2H3;;;;/q4*-1;;;;;;;. The van der Waals surface area contributed by atoms with Gasteiger partial charge in [-0.25, -0.2) is 0 Å². The molecule has 4 heterocycles. The van der Waals surface area contributed by atoms with Gasteiger partial charge in [-0.2, -0.15) is 5.26 Å². The molecular formula is C103H97Ir4N5O6-4. The van der Waals surface area contributed by atoms with Gasteiger partial charge in [0.1, 0.15) is 6.07 Å². The van der Waals surface area contributed by atoms with E-state index < -0.39 is 0 Å². The van der Waals surface area contributed by atoms with E-state index in [1.54, 1.807) is 6.20 Å². The van der Waals surface area contributed by atoms with E-state index in [1.165, 1.54) is 161 Å². The molecule has 0 saturated carbocycles. The van der Waals surface area contributed by atoms with E-state index in [0.29, 0.717) is 5.56 Å². The van der Waals surface area contributed by atoms with Crippen LogP contribution in [0.5, 0.6) is 0 Å². The summed E-state index contributed by atoms with van der Waals surface area (Å²) >= 11 is 0. The molecule has 0 amide bonds.